The third-order valence-corrected chi connectivity index (χ3v) is 4.89. The van der Waals surface area contributed by atoms with Crippen LogP contribution in [0.5, 0.6) is 0 Å². The normalized spacial score (nSPS) is 11.6. The Morgan fingerprint density at radius 1 is 1.30 bits per heavy atom. The average Bonchev–Trinajstić information content (AvgIpc) is 2.42. The number of sulfone groups is 1. The summed E-state index contributed by atoms with van der Waals surface area (Å²) in [6.07, 6.45) is -0.539. The summed E-state index contributed by atoms with van der Waals surface area (Å²) in [5.41, 5.74) is 0.0227. The Labute approximate surface area is 138 Å². The van der Waals surface area contributed by atoms with Crippen LogP contribution in [0.3, 0.4) is 0 Å². The molecule has 0 radical (unpaired) electrons. The van der Waals surface area contributed by atoms with Crippen molar-refractivity contribution in [2.45, 2.75) is 50.4 Å². The fraction of sp³-hybridized carbons (Fsp3) is 0.471. The molecule has 1 rings (SSSR count). The predicted molar refractivity (Wildman–Crippen MR) is 89.9 cm³/mol. The van der Waals surface area contributed by atoms with E-state index in [1.807, 2.05) is 0 Å². The average molecular weight is 337 g/mol. The molecule has 0 fully saturated rings. The highest BCUT2D eigenvalue weighted by molar-refractivity contribution is 7.92. The molecule has 0 aliphatic heterocycles. The number of nitrogens with one attached hydrogen (secondary N) is 1. The lowest BCUT2D eigenvalue weighted by atomic mass is 10.2. The van der Waals surface area contributed by atoms with Crippen LogP contribution < -0.4 is 5.32 Å². The first kappa shape index (κ1) is 19.0. The molecule has 1 aromatic rings. The van der Waals surface area contributed by atoms with Gasteiger partial charge in [-0.25, -0.2) is 13.2 Å². The molecule has 0 aliphatic carbocycles. The number of benzene rings is 1. The lowest BCUT2D eigenvalue weighted by molar-refractivity contribution is 0.0535. The van der Waals surface area contributed by atoms with Crippen LogP contribution in [-0.4, -0.2) is 31.9 Å². The molecular weight excluding hydrogens is 314 g/mol. The third-order valence-electron chi connectivity index (χ3n) is 2.74. The Kier molecular flexibility index (Phi) is 6.22. The number of alkyl carbamates (subject to hydrolysis) is 1. The first-order valence-corrected chi connectivity index (χ1v) is 8.87. The molecule has 5 nitrogen and oxygen atoms in total. The smallest absolute Gasteiger partial charge is 0.408 e. The molecule has 23 heavy (non-hydrogen) atoms. The highest BCUT2D eigenvalue weighted by Gasteiger charge is 2.19. The molecule has 0 atom stereocenters. The van der Waals surface area contributed by atoms with Crippen LogP contribution in [0.15, 0.2) is 29.2 Å². The second-order valence-corrected chi connectivity index (χ2v) is 8.78. The van der Waals surface area contributed by atoms with Gasteiger partial charge in [-0.2, -0.15) is 0 Å². The van der Waals surface area contributed by atoms with Crippen molar-refractivity contribution in [3.05, 3.63) is 29.8 Å². The van der Waals surface area contributed by atoms with Gasteiger partial charge in [-0.1, -0.05) is 17.9 Å². The molecule has 126 valence electrons. The lowest BCUT2D eigenvalue weighted by Gasteiger charge is -2.19. The molecule has 0 spiro atoms. The topological polar surface area (TPSA) is 72.5 Å². The van der Waals surface area contributed by atoms with E-state index in [2.05, 4.69) is 17.2 Å². The maximum Gasteiger partial charge on any atom is 0.408 e. The van der Waals surface area contributed by atoms with Gasteiger partial charge in [0.15, 0.2) is 9.84 Å². The summed E-state index contributed by atoms with van der Waals surface area (Å²) in [6, 6.07) is 6.47. The van der Waals surface area contributed by atoms with E-state index in [1.54, 1.807) is 52.8 Å². The number of carbonyl (C=O) groups excluding carboxylic acids is 1. The van der Waals surface area contributed by atoms with Crippen molar-refractivity contribution in [2.75, 3.05) is 6.54 Å². The van der Waals surface area contributed by atoms with Gasteiger partial charge in [-0.05, 0) is 52.8 Å². The Bertz CT molecular complexity index is 719. The Morgan fingerprint density at radius 2 is 1.96 bits per heavy atom. The third kappa shape index (κ3) is 6.33. The minimum Gasteiger partial charge on any atom is -0.444 e. The minimum atomic E-state index is -3.32. The van der Waals surface area contributed by atoms with Crippen LogP contribution in [0, 0.1) is 11.8 Å². The van der Waals surface area contributed by atoms with Gasteiger partial charge in [0.2, 0.25) is 0 Å². The number of amides is 1. The van der Waals surface area contributed by atoms with E-state index in [0.29, 0.717) is 5.56 Å². The predicted octanol–water partition coefficient (Wildman–Crippen LogP) is 2.74. The van der Waals surface area contributed by atoms with Crippen LogP contribution in [0.1, 0.15) is 40.2 Å². The van der Waals surface area contributed by atoms with E-state index in [9.17, 15) is 13.2 Å². The fourth-order valence-electron chi connectivity index (χ4n) is 1.60. The first-order valence-electron chi connectivity index (χ1n) is 7.32. The molecule has 0 saturated carbocycles. The van der Waals surface area contributed by atoms with Crippen molar-refractivity contribution < 1.29 is 17.9 Å². The van der Waals surface area contributed by atoms with Gasteiger partial charge in [0.25, 0.3) is 0 Å². The summed E-state index contributed by atoms with van der Waals surface area (Å²) in [6.45, 7) is 8.73. The van der Waals surface area contributed by atoms with E-state index >= 15 is 0 Å². The van der Waals surface area contributed by atoms with Gasteiger partial charge >= 0.3 is 6.09 Å². The minimum absolute atomic E-state index is 0.121. The first-order chi connectivity index (χ1) is 10.5. The molecule has 0 aliphatic rings. The summed E-state index contributed by atoms with van der Waals surface area (Å²) in [5.74, 6) is 5.60. The lowest BCUT2D eigenvalue weighted by Crippen LogP contribution is -2.32. The molecule has 0 bridgehead atoms. The highest BCUT2D eigenvalue weighted by Crippen LogP contribution is 2.16. The van der Waals surface area contributed by atoms with Crippen molar-refractivity contribution in [3.63, 3.8) is 0 Å². The van der Waals surface area contributed by atoms with Crippen LogP contribution in [0.4, 0.5) is 4.79 Å². The summed E-state index contributed by atoms with van der Waals surface area (Å²) in [4.78, 5) is 11.7. The molecular formula is C17H23NO4S. The summed E-state index contributed by atoms with van der Waals surface area (Å²) < 4.78 is 29.3. The fourth-order valence-corrected chi connectivity index (χ4v) is 2.70. The van der Waals surface area contributed by atoms with Crippen LogP contribution in [0.2, 0.25) is 0 Å². The largest absolute Gasteiger partial charge is 0.444 e. The number of rotatable bonds is 3. The quantitative estimate of drug-likeness (QED) is 0.861. The van der Waals surface area contributed by atoms with Gasteiger partial charge in [-0.15, -0.1) is 0 Å². The molecule has 0 saturated heterocycles. The van der Waals surface area contributed by atoms with E-state index < -0.39 is 26.8 Å². The Balaban J connectivity index is 2.72. The van der Waals surface area contributed by atoms with Crippen molar-refractivity contribution in [1.82, 2.24) is 5.32 Å². The van der Waals surface area contributed by atoms with Crippen molar-refractivity contribution >= 4 is 15.9 Å². The highest BCUT2D eigenvalue weighted by atomic mass is 32.2. The Morgan fingerprint density at radius 3 is 2.52 bits per heavy atom. The number of hydrogen-bond donors (Lipinski definition) is 1. The standard InChI is InChI=1S/C17H23NO4S/c1-13(2)23(20,21)15-10-6-8-14(12-15)9-7-11-18-16(19)22-17(3,4)5/h6,8,10,12-13H,11H2,1-5H3,(H,18,19). The van der Waals surface area contributed by atoms with Gasteiger partial charge in [0.1, 0.15) is 5.60 Å². The van der Waals surface area contributed by atoms with Gasteiger partial charge < -0.3 is 10.1 Å². The van der Waals surface area contributed by atoms with Crippen LogP contribution in [-0.2, 0) is 14.6 Å². The summed E-state index contributed by atoms with van der Waals surface area (Å²) in [5, 5.41) is 2.03. The molecule has 1 aromatic carbocycles. The molecule has 6 heteroatoms. The maximum atomic E-state index is 12.1. The van der Waals surface area contributed by atoms with E-state index in [4.69, 9.17) is 4.74 Å². The zero-order chi connectivity index (χ0) is 17.7. The SMILES string of the molecule is CC(C)S(=O)(=O)c1cccc(C#CCNC(=O)OC(C)(C)C)c1. The summed E-state index contributed by atoms with van der Waals surface area (Å²) >= 11 is 0. The van der Waals surface area contributed by atoms with Gasteiger partial charge in [0, 0.05) is 5.56 Å². The van der Waals surface area contributed by atoms with Crippen molar-refractivity contribution in [3.8, 4) is 11.8 Å². The second kappa shape index (κ2) is 7.51. The van der Waals surface area contributed by atoms with Crippen LogP contribution >= 0.6 is 0 Å². The number of hydrogen-bond acceptors (Lipinski definition) is 4. The molecule has 0 heterocycles. The zero-order valence-corrected chi connectivity index (χ0v) is 15.0. The van der Waals surface area contributed by atoms with Gasteiger partial charge in [-0.3, -0.25) is 0 Å². The molecule has 0 unspecified atom stereocenters. The van der Waals surface area contributed by atoms with Crippen LogP contribution in [0.25, 0.3) is 0 Å². The number of ether oxygens (including phenoxy) is 1. The van der Waals surface area contributed by atoms with Crippen molar-refractivity contribution in [2.24, 2.45) is 0 Å². The van der Waals surface area contributed by atoms with E-state index in [1.165, 1.54) is 6.07 Å². The zero-order valence-electron chi connectivity index (χ0n) is 14.1. The van der Waals surface area contributed by atoms with E-state index in [-0.39, 0.29) is 11.4 Å². The summed E-state index contributed by atoms with van der Waals surface area (Å²) in [7, 11) is -3.32. The molecule has 1 N–H and O–H groups in total. The number of carbonyl (C=O) groups is 1. The monoisotopic (exact) mass is 337 g/mol. The van der Waals surface area contributed by atoms with Crippen molar-refractivity contribution in [1.29, 1.82) is 0 Å². The maximum absolute atomic E-state index is 12.1. The van der Waals surface area contributed by atoms with E-state index in [0.717, 1.165) is 0 Å². The Hall–Kier alpha value is -2.00. The van der Waals surface area contributed by atoms with Gasteiger partial charge in [0.05, 0.1) is 16.7 Å². The molecule has 0 aromatic heterocycles. The second-order valence-electron chi connectivity index (χ2n) is 6.28. The molecule has 1 amide bonds.